The van der Waals surface area contributed by atoms with Crippen molar-refractivity contribution in [3.05, 3.63) is 0 Å². The largest absolute Gasteiger partial charge is 3.00 e. The van der Waals surface area contributed by atoms with Crippen molar-refractivity contribution in [2.24, 2.45) is 0 Å². The van der Waals surface area contributed by atoms with Gasteiger partial charge in [0.15, 0.2) is 0 Å². The van der Waals surface area contributed by atoms with Gasteiger partial charge in [-0.25, -0.2) is 0 Å². The first kappa shape index (κ1) is 63.2. The summed E-state index contributed by atoms with van der Waals surface area (Å²) in [7, 11) is 1.26. The van der Waals surface area contributed by atoms with E-state index in [9.17, 15) is 63.9 Å². The van der Waals surface area contributed by atoms with E-state index in [1.54, 1.807) is 0 Å². The van der Waals surface area contributed by atoms with Crippen molar-refractivity contribution >= 4 is 81.7 Å². The van der Waals surface area contributed by atoms with Crippen LogP contribution in [-0.2, 0) is 43.1 Å². The maximum Gasteiger partial charge on any atom is 3.00 e. The Morgan fingerprint density at radius 1 is 0.489 bits per heavy atom. The van der Waals surface area contributed by atoms with E-state index in [2.05, 4.69) is 4.74 Å². The Balaban J connectivity index is -0.0000000651. The van der Waals surface area contributed by atoms with Crippen LogP contribution in [0.1, 0.15) is 131 Å². The van der Waals surface area contributed by atoms with Crippen LogP contribution in [0, 0.1) is 0 Å². The van der Waals surface area contributed by atoms with E-state index in [-0.39, 0.29) is 77.5 Å². The van der Waals surface area contributed by atoms with Crippen molar-refractivity contribution in [1.29, 1.82) is 0 Å². The summed E-state index contributed by atoms with van der Waals surface area (Å²) in [6.45, 7) is 11.0. The molecule has 0 aromatic carbocycles. The number of unbranched alkanes of at least 4 members (excludes halogenated alkanes) is 2. The first-order valence-corrected chi connectivity index (χ1v) is 14.9. The van der Waals surface area contributed by atoms with Crippen molar-refractivity contribution in [1.82, 2.24) is 0 Å². The standard InChI is InChI=1S/3C6H10O3.C5H8O3.2C4H9O.2Al/c3*1-2-3-5(7)4-6(8)9;1-4(6)3-5(7)8-2;2*1-2-3-4-5;;/h3*2-4H2,1H3,(H,8,9);3H2,1-2H3;2*2-4H2,1H3;;/q;;;;2*-1;2*+3/p-3. The van der Waals surface area contributed by atoms with Gasteiger partial charge < -0.3 is 44.7 Å². The molecule has 0 aliphatic rings. The number of ether oxygens (including phenoxy) is 1. The van der Waals surface area contributed by atoms with Crippen molar-refractivity contribution in [3.8, 4) is 0 Å². The number of carbonyl (C=O) groups is 8. The zero-order chi connectivity index (χ0) is 36.6. The van der Waals surface area contributed by atoms with Gasteiger partial charge in [-0.1, -0.05) is 60.3 Å². The topological polar surface area (TPSA) is 261 Å². The van der Waals surface area contributed by atoms with Crippen molar-refractivity contribution in [2.75, 3.05) is 20.3 Å². The number of carbonyl (C=O) groups excluding carboxylic acids is 8. The molecule has 0 fully saturated rings. The van der Waals surface area contributed by atoms with Gasteiger partial charge in [0.05, 0.1) is 7.11 Å². The Kier molecular flexibility index (Phi) is 71.4. The van der Waals surface area contributed by atoms with E-state index in [1.165, 1.54) is 14.0 Å². The quantitative estimate of drug-likeness (QED) is 0.0863. The van der Waals surface area contributed by atoms with Gasteiger partial charge in [0.2, 0.25) is 0 Å². The third kappa shape index (κ3) is 92.2. The van der Waals surface area contributed by atoms with Gasteiger partial charge in [-0.2, -0.15) is 0 Å². The molecule has 0 N–H and O–H groups in total. The maximum atomic E-state index is 10.4. The molecule has 47 heavy (non-hydrogen) atoms. The minimum Gasteiger partial charge on any atom is -0.854 e. The van der Waals surface area contributed by atoms with E-state index >= 15 is 0 Å². The third-order valence-electron chi connectivity index (χ3n) is 4.23. The number of hydrogen-bond acceptors (Lipinski definition) is 14. The summed E-state index contributed by atoms with van der Waals surface area (Å²) < 4.78 is 4.20. The number of hydrogen-bond donors (Lipinski definition) is 0. The SMILES string of the molecule is CCCC(=O)CC(=O)[O-].CCCC(=O)CC(=O)[O-].CCCC(=O)CC(=O)[O-].CCCC[O-].CCCC[O-].COC(=O)CC(C)=O.[Al+3].[Al+3]. The summed E-state index contributed by atoms with van der Waals surface area (Å²) in [5.41, 5.74) is 0. The number of aliphatic carboxylic acids is 3. The third-order valence-corrected chi connectivity index (χ3v) is 4.23. The molecule has 0 atom stereocenters. The molecular weight excluding hydrogens is 650 g/mol. The number of rotatable bonds is 18. The molecular formula is C31H53Al2O14+. The van der Waals surface area contributed by atoms with Crippen LogP contribution in [0.5, 0.6) is 0 Å². The first-order chi connectivity index (χ1) is 21.0. The Morgan fingerprint density at radius 3 is 0.830 bits per heavy atom. The van der Waals surface area contributed by atoms with Crippen LogP contribution >= 0.6 is 0 Å². The van der Waals surface area contributed by atoms with E-state index in [1.807, 2.05) is 34.6 Å². The molecule has 0 aromatic heterocycles. The molecule has 0 aliphatic heterocycles. The average molecular weight is 704 g/mol. The Bertz CT molecular complexity index is 722. The van der Waals surface area contributed by atoms with E-state index in [4.69, 9.17) is 0 Å². The van der Waals surface area contributed by atoms with E-state index < -0.39 is 43.1 Å². The molecule has 0 unspecified atom stereocenters. The fraction of sp³-hybridized carbons (Fsp3) is 0.742. The number of Topliss-reactive ketones (excluding diaryl/α,β-unsaturated/α-hetero) is 4. The first-order valence-electron chi connectivity index (χ1n) is 14.9. The fourth-order valence-corrected chi connectivity index (χ4v) is 2.15. The molecule has 0 aromatic rings. The summed E-state index contributed by atoms with van der Waals surface area (Å²) in [6, 6.07) is 0. The molecule has 0 heterocycles. The number of ketones is 4. The molecule has 0 rings (SSSR count). The maximum absolute atomic E-state index is 10.4. The number of carboxylic acid groups (broad SMARTS) is 3. The smallest absolute Gasteiger partial charge is 0.854 e. The summed E-state index contributed by atoms with van der Waals surface area (Å²) in [4.78, 5) is 80.8. The average Bonchev–Trinajstić information content (AvgIpc) is 2.90. The van der Waals surface area contributed by atoms with Gasteiger partial charge in [0, 0.05) is 56.4 Å². The van der Waals surface area contributed by atoms with Gasteiger partial charge in [-0.3, -0.25) is 24.0 Å². The second-order valence-electron chi connectivity index (χ2n) is 9.08. The van der Waals surface area contributed by atoms with Crippen molar-refractivity contribution in [3.63, 3.8) is 0 Å². The van der Waals surface area contributed by atoms with Crippen LogP contribution in [0.2, 0.25) is 0 Å². The molecule has 0 aliphatic carbocycles. The fourth-order valence-electron chi connectivity index (χ4n) is 2.15. The second kappa shape index (κ2) is 53.1. The monoisotopic (exact) mass is 703 g/mol. The molecule has 0 saturated carbocycles. The van der Waals surface area contributed by atoms with Crippen LogP contribution in [0.3, 0.4) is 0 Å². The van der Waals surface area contributed by atoms with Crippen LogP contribution in [-0.4, -0.2) is 102 Å². The Hall–Kier alpha value is -2.46. The Labute approximate surface area is 301 Å². The molecule has 16 heteroatoms. The second-order valence-corrected chi connectivity index (χ2v) is 9.08. The van der Waals surface area contributed by atoms with Gasteiger partial charge in [-0.15, -0.1) is 13.2 Å². The molecule has 0 amide bonds. The summed E-state index contributed by atoms with van der Waals surface area (Å²) in [5, 5.41) is 48.3. The Morgan fingerprint density at radius 2 is 0.745 bits per heavy atom. The zero-order valence-electron chi connectivity index (χ0n) is 29.2. The van der Waals surface area contributed by atoms with E-state index in [0.29, 0.717) is 38.5 Å². The molecule has 14 nitrogen and oxygen atoms in total. The van der Waals surface area contributed by atoms with Gasteiger partial charge in [0.25, 0.3) is 0 Å². The minimum atomic E-state index is -1.28. The summed E-state index contributed by atoms with van der Waals surface area (Å²) >= 11 is 0. The zero-order valence-corrected chi connectivity index (χ0v) is 31.5. The van der Waals surface area contributed by atoms with E-state index in [0.717, 1.165) is 25.7 Å². The number of methoxy groups -OCH3 is 1. The molecule has 0 spiro atoms. The van der Waals surface area contributed by atoms with Crippen molar-refractivity contribution < 1.29 is 68.6 Å². The van der Waals surface area contributed by atoms with Gasteiger partial charge in [0.1, 0.15) is 29.6 Å². The van der Waals surface area contributed by atoms with Crippen LogP contribution in [0.15, 0.2) is 0 Å². The van der Waals surface area contributed by atoms with Gasteiger partial charge >= 0.3 is 40.7 Å². The van der Waals surface area contributed by atoms with Crippen molar-refractivity contribution in [2.45, 2.75) is 131 Å². The predicted octanol–water partition coefficient (Wildman–Crippen LogP) is -1.84. The molecule has 0 radical (unpaired) electrons. The normalized spacial score (nSPS) is 8.36. The predicted molar refractivity (Wildman–Crippen MR) is 167 cm³/mol. The molecule has 0 saturated heterocycles. The molecule has 0 bridgehead atoms. The van der Waals surface area contributed by atoms with Crippen LogP contribution in [0.4, 0.5) is 0 Å². The van der Waals surface area contributed by atoms with Crippen LogP contribution in [0.25, 0.3) is 0 Å². The number of esters is 1. The van der Waals surface area contributed by atoms with Crippen LogP contribution < -0.4 is 25.5 Å². The summed E-state index contributed by atoms with van der Waals surface area (Å²) in [6.07, 6.45) is 5.43. The minimum absolute atomic E-state index is 0. The number of carboxylic acids is 3. The van der Waals surface area contributed by atoms with Gasteiger partial charge in [-0.05, 0) is 26.2 Å². The summed E-state index contributed by atoms with van der Waals surface area (Å²) in [5.74, 6) is -5.25. The molecule has 266 valence electrons.